The van der Waals surface area contributed by atoms with Crippen LogP contribution in [-0.4, -0.2) is 36.7 Å². The zero-order valence-corrected chi connectivity index (χ0v) is 13.0. The molecule has 2 aromatic rings. The molecule has 0 fully saturated rings. The van der Waals surface area contributed by atoms with E-state index in [-0.39, 0.29) is 12.4 Å². The van der Waals surface area contributed by atoms with Gasteiger partial charge in [0.1, 0.15) is 6.61 Å². The molecule has 1 heterocycles. The van der Waals surface area contributed by atoms with E-state index in [0.29, 0.717) is 11.0 Å². The molecule has 0 aliphatic carbocycles. The van der Waals surface area contributed by atoms with Gasteiger partial charge in [-0.3, -0.25) is 9.36 Å². The van der Waals surface area contributed by atoms with Gasteiger partial charge in [-0.25, -0.2) is 0 Å². The second kappa shape index (κ2) is 6.38. The van der Waals surface area contributed by atoms with E-state index in [4.69, 9.17) is 5.11 Å². The molecule has 0 aliphatic rings. The third-order valence-corrected chi connectivity index (χ3v) is 4.09. The molecule has 0 spiro atoms. The molecule has 0 radical (unpaired) electrons. The summed E-state index contributed by atoms with van der Waals surface area (Å²) in [5, 5.41) is 26.4. The highest BCUT2D eigenvalue weighted by molar-refractivity contribution is 9.10. The first-order chi connectivity index (χ1) is 9.52. The number of aliphatic hydroxyl groups is 1. The molecule has 0 saturated heterocycles. The predicted molar refractivity (Wildman–Crippen MR) is 78.1 cm³/mol. The maximum Gasteiger partial charge on any atom is 0.313 e. The molecule has 0 aliphatic heterocycles. The molecule has 2 N–H and O–H groups in total. The minimum atomic E-state index is -0.932. The van der Waals surface area contributed by atoms with Crippen molar-refractivity contribution < 1.29 is 15.0 Å². The van der Waals surface area contributed by atoms with Crippen molar-refractivity contribution in [3.05, 3.63) is 34.1 Å². The Morgan fingerprint density at radius 3 is 2.85 bits per heavy atom. The monoisotopic (exact) mass is 357 g/mol. The van der Waals surface area contributed by atoms with Crippen molar-refractivity contribution in [2.24, 2.45) is 0 Å². The Kier molecular flexibility index (Phi) is 4.79. The number of hydrogen-bond donors (Lipinski definition) is 2. The third kappa shape index (κ3) is 3.20. The summed E-state index contributed by atoms with van der Waals surface area (Å²) in [6.07, 6.45) is 0. The van der Waals surface area contributed by atoms with Crippen LogP contribution in [0.15, 0.2) is 27.8 Å². The number of thioether (sulfide) groups is 1. The van der Waals surface area contributed by atoms with Crippen LogP contribution >= 0.6 is 27.7 Å². The number of carboxylic acid groups (broad SMARTS) is 1. The van der Waals surface area contributed by atoms with E-state index in [1.807, 2.05) is 25.1 Å². The highest BCUT2D eigenvalue weighted by atomic mass is 79.9. The quantitative estimate of drug-likeness (QED) is 0.795. The summed E-state index contributed by atoms with van der Waals surface area (Å²) in [7, 11) is 0. The molecular formula is C12H12BrN3O3S. The average molecular weight is 358 g/mol. The van der Waals surface area contributed by atoms with E-state index in [1.165, 1.54) is 0 Å². The molecule has 106 valence electrons. The van der Waals surface area contributed by atoms with Crippen LogP contribution in [0.2, 0.25) is 0 Å². The minimum absolute atomic E-state index is 0.118. The number of aliphatic carboxylic acids is 1. The second-order valence-electron chi connectivity index (χ2n) is 4.03. The smallest absolute Gasteiger partial charge is 0.313 e. The number of benzene rings is 1. The SMILES string of the molecule is Cc1ccc(Br)c(-n2c(CO)nnc2SCC(=O)O)c1. The molecule has 2 rings (SSSR count). The van der Waals surface area contributed by atoms with Gasteiger partial charge in [-0.05, 0) is 40.5 Å². The van der Waals surface area contributed by atoms with Gasteiger partial charge in [0.2, 0.25) is 0 Å². The Labute approximate surface area is 128 Å². The maximum absolute atomic E-state index is 10.7. The molecule has 0 amide bonds. The predicted octanol–water partition coefficient (Wildman–Crippen LogP) is 2.01. The lowest BCUT2D eigenvalue weighted by atomic mass is 10.2. The van der Waals surface area contributed by atoms with E-state index >= 15 is 0 Å². The second-order valence-corrected chi connectivity index (χ2v) is 5.83. The fourth-order valence-electron chi connectivity index (χ4n) is 1.66. The van der Waals surface area contributed by atoms with Crippen LogP contribution in [0.5, 0.6) is 0 Å². The number of aryl methyl sites for hydroxylation is 1. The Morgan fingerprint density at radius 1 is 1.45 bits per heavy atom. The summed E-state index contributed by atoms with van der Waals surface area (Å²) < 4.78 is 2.47. The third-order valence-electron chi connectivity index (χ3n) is 2.51. The van der Waals surface area contributed by atoms with Gasteiger partial charge in [0.25, 0.3) is 0 Å². The Hall–Kier alpha value is -1.38. The number of nitrogens with zero attached hydrogens (tertiary/aromatic N) is 3. The highest BCUT2D eigenvalue weighted by Gasteiger charge is 2.17. The molecule has 0 bridgehead atoms. The van der Waals surface area contributed by atoms with Gasteiger partial charge in [-0.1, -0.05) is 17.8 Å². The number of rotatable bonds is 5. The van der Waals surface area contributed by atoms with Gasteiger partial charge in [-0.15, -0.1) is 10.2 Å². The summed E-state index contributed by atoms with van der Waals surface area (Å²) >= 11 is 4.50. The first-order valence-corrected chi connectivity index (χ1v) is 7.47. The normalized spacial score (nSPS) is 10.8. The average Bonchev–Trinajstić information content (AvgIpc) is 2.82. The number of halogens is 1. The minimum Gasteiger partial charge on any atom is -0.481 e. The van der Waals surface area contributed by atoms with Crippen LogP contribution in [-0.2, 0) is 11.4 Å². The van der Waals surface area contributed by atoms with Crippen molar-refractivity contribution in [2.75, 3.05) is 5.75 Å². The summed E-state index contributed by atoms with van der Waals surface area (Å²) in [6.45, 7) is 1.67. The Bertz CT molecular complexity index is 645. The van der Waals surface area contributed by atoms with Crippen LogP contribution in [0.1, 0.15) is 11.4 Å². The van der Waals surface area contributed by atoms with E-state index < -0.39 is 5.97 Å². The molecule has 0 saturated carbocycles. The topological polar surface area (TPSA) is 88.2 Å². The lowest BCUT2D eigenvalue weighted by Gasteiger charge is -2.11. The number of aromatic nitrogens is 3. The van der Waals surface area contributed by atoms with Gasteiger partial charge in [0, 0.05) is 4.47 Å². The molecule has 0 atom stereocenters. The van der Waals surface area contributed by atoms with Gasteiger partial charge in [-0.2, -0.15) is 0 Å². The van der Waals surface area contributed by atoms with Gasteiger partial charge >= 0.3 is 5.97 Å². The standard InChI is InChI=1S/C12H12BrN3O3S/c1-7-2-3-8(13)9(4-7)16-10(5-17)14-15-12(16)20-6-11(18)19/h2-4,17H,5-6H2,1H3,(H,18,19). The lowest BCUT2D eigenvalue weighted by molar-refractivity contribution is -0.133. The number of hydrogen-bond acceptors (Lipinski definition) is 5. The molecule has 1 aromatic heterocycles. The van der Waals surface area contributed by atoms with E-state index in [9.17, 15) is 9.90 Å². The van der Waals surface area contributed by atoms with Gasteiger partial charge in [0.05, 0.1) is 11.4 Å². The number of aliphatic hydroxyl groups excluding tert-OH is 1. The van der Waals surface area contributed by atoms with E-state index in [2.05, 4.69) is 26.1 Å². The van der Waals surface area contributed by atoms with Crippen LogP contribution in [0.4, 0.5) is 0 Å². The van der Waals surface area contributed by atoms with Gasteiger partial charge < -0.3 is 10.2 Å². The maximum atomic E-state index is 10.7. The van der Waals surface area contributed by atoms with Gasteiger partial charge in [0.15, 0.2) is 11.0 Å². The highest BCUT2D eigenvalue weighted by Crippen LogP contribution is 2.28. The molecule has 6 nitrogen and oxygen atoms in total. The van der Waals surface area contributed by atoms with Crippen LogP contribution in [0.25, 0.3) is 5.69 Å². The van der Waals surface area contributed by atoms with E-state index in [0.717, 1.165) is 27.5 Å². The van der Waals surface area contributed by atoms with Crippen LogP contribution in [0, 0.1) is 6.92 Å². The largest absolute Gasteiger partial charge is 0.481 e. The first-order valence-electron chi connectivity index (χ1n) is 5.69. The summed E-state index contributed by atoms with van der Waals surface area (Å²) in [5.74, 6) is -0.685. The van der Waals surface area contributed by atoms with Crippen molar-refractivity contribution in [1.82, 2.24) is 14.8 Å². The first kappa shape index (κ1) is 15.0. The van der Waals surface area contributed by atoms with Crippen molar-refractivity contribution in [2.45, 2.75) is 18.7 Å². The Balaban J connectivity index is 2.50. The van der Waals surface area contributed by atoms with E-state index in [1.54, 1.807) is 4.57 Å². The molecule has 20 heavy (non-hydrogen) atoms. The molecule has 0 unspecified atom stereocenters. The summed E-state index contributed by atoms with van der Waals surface area (Å²) in [5.41, 5.74) is 1.81. The van der Waals surface area contributed by atoms with Crippen molar-refractivity contribution in [1.29, 1.82) is 0 Å². The van der Waals surface area contributed by atoms with Crippen molar-refractivity contribution >= 4 is 33.7 Å². The fourth-order valence-corrected chi connectivity index (χ4v) is 2.77. The van der Waals surface area contributed by atoms with Crippen LogP contribution < -0.4 is 0 Å². The number of carboxylic acids is 1. The van der Waals surface area contributed by atoms with Crippen molar-refractivity contribution in [3.8, 4) is 5.69 Å². The van der Waals surface area contributed by atoms with Crippen LogP contribution in [0.3, 0.4) is 0 Å². The fraction of sp³-hybridized carbons (Fsp3) is 0.250. The summed E-state index contributed by atoms with van der Waals surface area (Å²) in [4.78, 5) is 10.7. The lowest BCUT2D eigenvalue weighted by Crippen LogP contribution is -2.06. The number of carbonyl (C=O) groups is 1. The zero-order chi connectivity index (χ0) is 14.7. The molecular weight excluding hydrogens is 346 g/mol. The molecule has 8 heteroatoms. The zero-order valence-electron chi connectivity index (χ0n) is 10.6. The molecule has 1 aromatic carbocycles. The Morgan fingerprint density at radius 2 is 2.20 bits per heavy atom. The summed E-state index contributed by atoms with van der Waals surface area (Å²) in [6, 6.07) is 5.75. The van der Waals surface area contributed by atoms with Crippen molar-refractivity contribution in [3.63, 3.8) is 0 Å².